The first kappa shape index (κ1) is 64.2. The molecule has 5 heteroatoms. The van der Waals surface area contributed by atoms with Gasteiger partial charge in [-0.2, -0.15) is 0 Å². The normalized spacial score (nSPS) is 16.1. The second kappa shape index (κ2) is 29.6. The minimum absolute atomic E-state index is 0.352. The second-order valence-corrected chi connectivity index (χ2v) is 40.0. The average molecular weight is 1560 g/mol. The van der Waals surface area contributed by atoms with Crippen LogP contribution in [0, 0.1) is 37.9 Å². The summed E-state index contributed by atoms with van der Waals surface area (Å²) in [5, 5.41) is 2.92. The molecule has 13 aromatic carbocycles. The highest BCUT2D eigenvalue weighted by atomic mass is 15.2. The van der Waals surface area contributed by atoms with E-state index in [2.05, 4.69) is 104 Å². The van der Waals surface area contributed by atoms with E-state index in [0.29, 0.717) is 107 Å². The van der Waals surface area contributed by atoms with Gasteiger partial charge in [0.2, 0.25) is 0 Å². The molecule has 0 bridgehead atoms. The van der Waals surface area contributed by atoms with E-state index in [1.807, 2.05) is 327 Å². The van der Waals surface area contributed by atoms with Gasteiger partial charge in [-0.3, -0.25) is 0 Å². The van der Waals surface area contributed by atoms with Crippen molar-refractivity contribution in [3.8, 4) is 55.9 Å². The summed E-state index contributed by atoms with van der Waals surface area (Å²) < 4.78 is 147. The summed E-state index contributed by atoms with van der Waals surface area (Å²) in [4.78, 5) is 4.61. The van der Waals surface area contributed by atoms with Gasteiger partial charge in [-0.05, 0) is 280 Å². The Morgan fingerprint density at radius 1 is 0.237 bits per heavy atom. The fraction of sp³-hybridized carbons (Fsp3) is 0.310. The summed E-state index contributed by atoms with van der Waals surface area (Å²) in [5.74, 6) is 0. The van der Waals surface area contributed by atoms with Crippen molar-refractivity contribution in [2.45, 2.75) is 190 Å². The molecule has 2 aliphatic rings. The van der Waals surface area contributed by atoms with E-state index in [-0.39, 0.29) is 0 Å². The van der Waals surface area contributed by atoms with Crippen LogP contribution in [-0.2, 0) is 44.6 Å². The SMILES string of the molecule is [2H]C([2H])(c1cc2c3c(c1)N(c1cc(-c4ccccc4)c(C([2H])([2H])C(C)(C)C)cc1-c1ccccc1)c1cc(-n4c5ccc(C([2H])([2H])C(C)(C)C)cc5c5cc(C([2H])([2H])C(C)(C)C)ccc54)ccc1B3c1ccc(-n3c4ccc(C([2H])([2H])C(C)(C)C)cc4c4cc(C([2H])([2H])C(C)(C)C)ccc43)cc1N2c1cc(-c2ccccc2)c(C([2H])([2H])C(C)(C)C)cc1-c1ccccc1)C(C)(C)C. The highest BCUT2D eigenvalue weighted by molar-refractivity contribution is 7.00. The van der Waals surface area contributed by atoms with Gasteiger partial charge in [-0.15, -0.1) is 0 Å². The van der Waals surface area contributed by atoms with Crippen molar-refractivity contribution < 1.29 is 19.2 Å². The Hall–Kier alpha value is -10.9. The zero-order chi connectivity index (χ0) is 95.6. The molecule has 0 aliphatic carbocycles. The molecule has 17 rings (SSSR count). The number of rotatable bonds is 15. The minimum Gasteiger partial charge on any atom is -0.311 e. The number of benzene rings is 13. The number of anilines is 6. The molecule has 0 spiro atoms. The van der Waals surface area contributed by atoms with Crippen molar-refractivity contribution in [1.29, 1.82) is 0 Å². The highest BCUT2D eigenvalue weighted by Crippen LogP contribution is 2.54. The molecule has 118 heavy (non-hydrogen) atoms. The molecule has 15 aromatic rings. The lowest BCUT2D eigenvalue weighted by Crippen LogP contribution is -2.61. The topological polar surface area (TPSA) is 16.3 Å². The molecule has 2 aromatic heterocycles. The second-order valence-electron chi connectivity index (χ2n) is 40.0. The Kier molecular flexibility index (Phi) is 16.1. The van der Waals surface area contributed by atoms with Crippen LogP contribution in [0.1, 0.15) is 204 Å². The van der Waals surface area contributed by atoms with Gasteiger partial charge in [0.25, 0.3) is 6.71 Å². The molecule has 0 atom stereocenters. The fourth-order valence-electron chi connectivity index (χ4n) is 17.9. The number of aromatic nitrogens is 2. The predicted molar refractivity (Wildman–Crippen MR) is 513 cm³/mol. The van der Waals surface area contributed by atoms with E-state index < -0.39 is 89.2 Å². The van der Waals surface area contributed by atoms with Gasteiger partial charge < -0.3 is 18.9 Å². The van der Waals surface area contributed by atoms with Crippen molar-refractivity contribution >= 4 is 101 Å². The van der Waals surface area contributed by atoms with Crippen molar-refractivity contribution in [2.24, 2.45) is 37.9 Å². The quantitative estimate of drug-likeness (QED) is 0.0951. The van der Waals surface area contributed by atoms with Crippen LogP contribution in [0.4, 0.5) is 34.1 Å². The first-order valence-electron chi connectivity index (χ1n) is 49.1. The van der Waals surface area contributed by atoms with Gasteiger partial charge in [0.15, 0.2) is 0 Å². The van der Waals surface area contributed by atoms with E-state index in [1.165, 1.54) is 0 Å². The van der Waals surface area contributed by atoms with E-state index in [9.17, 15) is 19.2 Å². The van der Waals surface area contributed by atoms with Crippen LogP contribution < -0.4 is 26.2 Å². The average Bonchev–Trinajstić information content (AvgIpc) is 0.717. The van der Waals surface area contributed by atoms with Crippen LogP contribution in [0.25, 0.3) is 99.5 Å². The van der Waals surface area contributed by atoms with Crippen molar-refractivity contribution in [3.05, 3.63) is 306 Å². The van der Waals surface area contributed by atoms with Crippen molar-refractivity contribution in [3.63, 3.8) is 0 Å². The molecule has 4 heterocycles. The van der Waals surface area contributed by atoms with Gasteiger partial charge in [0, 0.05) is 86.0 Å². The Labute approximate surface area is 724 Å². The molecular weight excluding hydrogens is 1420 g/mol. The molecule has 0 amide bonds. The predicted octanol–water partition coefficient (Wildman–Crippen LogP) is 29.8. The third-order valence-corrected chi connectivity index (χ3v) is 21.8. The maximum absolute atomic E-state index is 11.0. The van der Waals surface area contributed by atoms with Gasteiger partial charge >= 0.3 is 0 Å². The summed E-state index contributed by atoms with van der Waals surface area (Å²) in [7, 11) is 0. The van der Waals surface area contributed by atoms with E-state index >= 15 is 0 Å². The first-order chi connectivity index (χ1) is 61.2. The van der Waals surface area contributed by atoms with Crippen LogP contribution in [-0.4, -0.2) is 15.8 Å². The summed E-state index contributed by atoms with van der Waals surface area (Å²) in [6, 6.07) is 89.2. The number of hydrogen-bond acceptors (Lipinski definition) is 2. The lowest BCUT2D eigenvalue weighted by molar-refractivity contribution is 0.411. The third-order valence-electron chi connectivity index (χ3n) is 21.8. The number of nitrogens with zero attached hydrogens (tertiary/aromatic N) is 4. The molecule has 0 fully saturated rings. The molecule has 0 radical (unpaired) electrons. The monoisotopic (exact) mass is 1560 g/mol. The molecule has 0 unspecified atom stereocenters. The Morgan fingerprint density at radius 2 is 0.508 bits per heavy atom. The first-order valence-corrected chi connectivity index (χ1v) is 42.1. The Morgan fingerprint density at radius 3 is 0.788 bits per heavy atom. The maximum Gasteiger partial charge on any atom is 0.252 e. The van der Waals surface area contributed by atoms with Gasteiger partial charge in [0.1, 0.15) is 0 Å². The van der Waals surface area contributed by atoms with Gasteiger partial charge in [0.05, 0.1) is 33.4 Å². The summed E-state index contributed by atoms with van der Waals surface area (Å²) in [5.41, 5.74) is 13.6. The van der Waals surface area contributed by atoms with Gasteiger partial charge in [-0.1, -0.05) is 303 Å². The third kappa shape index (κ3) is 16.1. The molecule has 2 aliphatic heterocycles. The molecular formula is C113H121BN4. The maximum atomic E-state index is 11.0. The molecule has 596 valence electrons. The minimum atomic E-state index is -2.14. The zero-order valence-corrected chi connectivity index (χ0v) is 72.8. The largest absolute Gasteiger partial charge is 0.311 e. The van der Waals surface area contributed by atoms with Gasteiger partial charge in [-0.25, -0.2) is 0 Å². The van der Waals surface area contributed by atoms with Crippen LogP contribution in [0.2, 0.25) is 0 Å². The van der Waals surface area contributed by atoms with Crippen molar-refractivity contribution in [1.82, 2.24) is 9.13 Å². The summed E-state index contributed by atoms with van der Waals surface area (Å²) >= 11 is 0. The molecule has 0 saturated carbocycles. The molecule has 0 N–H and O–H groups in total. The van der Waals surface area contributed by atoms with Crippen LogP contribution in [0.15, 0.2) is 267 Å². The Bertz CT molecular complexity index is 6530. The van der Waals surface area contributed by atoms with E-state index in [1.54, 1.807) is 0 Å². The lowest BCUT2D eigenvalue weighted by Gasteiger charge is -2.46. The fourth-order valence-corrected chi connectivity index (χ4v) is 17.9. The van der Waals surface area contributed by atoms with E-state index in [4.69, 9.17) is 0 Å². The Balaban J connectivity index is 1.09. The van der Waals surface area contributed by atoms with Crippen LogP contribution in [0.3, 0.4) is 0 Å². The van der Waals surface area contributed by atoms with Crippen LogP contribution in [0.5, 0.6) is 0 Å². The smallest absolute Gasteiger partial charge is 0.252 e. The number of hydrogen-bond donors (Lipinski definition) is 0. The summed E-state index contributed by atoms with van der Waals surface area (Å²) in [6.07, 6.45) is -13.3. The zero-order valence-electron chi connectivity index (χ0n) is 86.8. The van der Waals surface area contributed by atoms with E-state index in [0.717, 1.165) is 82.3 Å². The highest BCUT2D eigenvalue weighted by Gasteiger charge is 2.46. The summed E-state index contributed by atoms with van der Waals surface area (Å²) in [6.45, 7) is 39.5. The van der Waals surface area contributed by atoms with Crippen molar-refractivity contribution in [2.75, 3.05) is 9.80 Å². The number of fused-ring (bicyclic) bond motifs is 10. The van der Waals surface area contributed by atoms with Crippen LogP contribution >= 0.6 is 0 Å². The molecule has 0 saturated heterocycles. The lowest BCUT2D eigenvalue weighted by atomic mass is 9.33. The molecule has 4 nitrogen and oxygen atoms in total. The standard InChI is InChI=1S/C113H121BN4/c1-107(2,3)66-73-42-50-96-90(54-73)91-55-74(67-108(4,5)6)43-51-97(91)115(96)84-46-48-94-102(62-84)117(100-64-86(78-34-26-22-27-35-78)82(71-112(16,17)18)60-88(100)80-38-30-24-31-39-80)104-58-77(70-111(13,14)15)59-105-106(104)114(94)95-49-47-85(116-98-52-44-75(68-109(7,8)9)56-92(98)93-57-76(45-53-99(93)116)69-110(10,11)12)63-103(95)118(105)101-65-87(79-36-28-23-29-37-79)83(72-113(19,20)21)61-89(101)81-40-32-25-33-41-81/h22-65H,66-72H2,1-21H3/i66D2,67D2,68D2,69D2,70D2,71D2,72D2.